The Kier molecular flexibility index (Phi) is 35.8. The van der Waals surface area contributed by atoms with Crippen LogP contribution in [0, 0.1) is 0 Å². The Hall–Kier alpha value is 4.39. The average molecular weight is 406 g/mol. The Morgan fingerprint density at radius 3 is 1.05 bits per heavy atom. The van der Waals surface area contributed by atoms with Crippen LogP contribution in [0.25, 0.3) is 0 Å². The van der Waals surface area contributed by atoms with Gasteiger partial charge in [-0.1, -0.05) is 0 Å². The van der Waals surface area contributed by atoms with Crippen LogP contribution in [0.3, 0.4) is 0 Å². The van der Waals surface area contributed by atoms with Gasteiger partial charge in [0.1, 0.15) is 12.1 Å². The molecule has 9 nitrogen and oxygen atoms in total. The zero-order chi connectivity index (χ0) is 13.6. The molecule has 4 radical (unpaired) electrons. The van der Waals surface area contributed by atoms with E-state index in [1.165, 1.54) is 0 Å². The van der Waals surface area contributed by atoms with E-state index in [1.807, 2.05) is 5.32 Å². The van der Waals surface area contributed by atoms with E-state index >= 15 is 0 Å². The molecule has 0 saturated carbocycles. The van der Waals surface area contributed by atoms with Crippen molar-refractivity contribution < 1.29 is 39.6 Å². The van der Waals surface area contributed by atoms with E-state index in [2.05, 4.69) is 0 Å². The van der Waals surface area contributed by atoms with Gasteiger partial charge in [-0.15, -0.1) is 0 Å². The molecule has 0 spiro atoms. The van der Waals surface area contributed by atoms with Gasteiger partial charge in [-0.3, -0.25) is 24.5 Å². The third kappa shape index (κ3) is 20.5. The zero-order valence-corrected chi connectivity index (χ0v) is 25.0. The molecule has 21 heavy (non-hydrogen) atoms. The van der Waals surface area contributed by atoms with Crippen molar-refractivity contribution >= 4 is 229 Å². The Labute approximate surface area is 290 Å². The number of carboxylic acids is 4. The van der Waals surface area contributed by atoms with E-state index in [0.29, 0.717) is 0 Å². The van der Waals surface area contributed by atoms with Gasteiger partial charge in [0.2, 0.25) is 0 Å². The van der Waals surface area contributed by atoms with E-state index in [9.17, 15) is 19.2 Å². The first-order chi connectivity index (χ1) is 7.73. The van der Waals surface area contributed by atoms with Crippen LogP contribution in [0.1, 0.15) is 12.8 Å². The topological polar surface area (TPSA) is 161 Å². The summed E-state index contributed by atoms with van der Waals surface area (Å²) in [7, 11) is 0. The van der Waals surface area contributed by atoms with Crippen molar-refractivity contribution in [3.05, 3.63) is 0 Å². The van der Waals surface area contributed by atoms with Crippen LogP contribution in [0.5, 0.6) is 0 Å². The Morgan fingerprint density at radius 2 is 0.905 bits per heavy atom. The zero-order valence-electron chi connectivity index (χ0n) is 12.5. The Balaban J connectivity index is -0.000000213. The van der Waals surface area contributed by atoms with E-state index in [-0.39, 0.29) is 206 Å². The minimum Gasteiger partial charge on any atom is -0.481 e. The normalized spacial score (nSPS) is 11.0. The van der Waals surface area contributed by atoms with E-state index in [0.717, 1.165) is 0 Å². The molecule has 5 N–H and O–H groups in total. The molecule has 2 unspecified atom stereocenters. The Bertz CT molecular complexity index is 321. The predicted molar refractivity (Wildman–Crippen MR) is 73.5 cm³/mol. The molecule has 0 aliphatic rings. The van der Waals surface area contributed by atoms with Crippen LogP contribution in [0.2, 0.25) is 0 Å². The summed E-state index contributed by atoms with van der Waals surface area (Å²) in [5, 5.41) is 36.0. The van der Waals surface area contributed by atoms with Crippen molar-refractivity contribution in [2.45, 2.75) is 24.9 Å². The molecule has 13 heteroatoms. The number of rotatable bonds is 8. The van der Waals surface area contributed by atoms with E-state index in [1.54, 1.807) is 0 Å². The van der Waals surface area contributed by atoms with Crippen LogP contribution in [-0.2, 0) is 19.2 Å². The maximum Gasteiger partial charge on any atom is 0.321 e. The minimum atomic E-state index is -1.66. The third-order valence-electron chi connectivity index (χ3n) is 1.76. The predicted octanol–water partition coefficient (Wildman–Crippen LogP) is -3.09. The van der Waals surface area contributed by atoms with Gasteiger partial charge in [0, 0.05) is 206 Å². The van der Waals surface area contributed by atoms with Crippen LogP contribution >= 0.6 is 0 Å². The molecule has 0 amide bonds. The fraction of sp³-hybridized carbons (Fsp3) is 0.500. The van der Waals surface area contributed by atoms with Crippen molar-refractivity contribution in [2.75, 3.05) is 0 Å². The molecule has 100 valence electrons. The first-order valence-corrected chi connectivity index (χ1v) is 4.39. The summed E-state index contributed by atoms with van der Waals surface area (Å²) in [6.45, 7) is 0. The van der Waals surface area contributed by atoms with E-state index in [4.69, 9.17) is 20.4 Å². The third-order valence-corrected chi connectivity index (χ3v) is 1.76. The smallest absolute Gasteiger partial charge is 0.321 e. The fourth-order valence-electron chi connectivity index (χ4n) is 1.03. The summed E-state index contributed by atoms with van der Waals surface area (Å²) in [4.78, 5) is 41.9. The second-order valence-corrected chi connectivity index (χ2v) is 3.14. The second kappa shape index (κ2) is 20.7. The summed E-state index contributed by atoms with van der Waals surface area (Å²) < 4.78 is 0. The van der Waals surface area contributed by atoms with Gasteiger partial charge in [-0.25, -0.2) is 0 Å². The van der Waals surface area contributed by atoms with Crippen molar-refractivity contribution in [1.29, 1.82) is 0 Å². The van der Waals surface area contributed by atoms with Gasteiger partial charge in [-0.2, -0.15) is 0 Å². The number of carbonyl (C=O) groups is 4. The summed E-state index contributed by atoms with van der Waals surface area (Å²) in [5.74, 6) is -6.01. The van der Waals surface area contributed by atoms with Crippen LogP contribution < -0.4 is 5.32 Å². The first-order valence-electron chi connectivity index (χ1n) is 4.39. The number of hydrogen-bond donors (Lipinski definition) is 5. The molecule has 0 aromatic carbocycles. The molecule has 0 heterocycles. The maximum absolute atomic E-state index is 10.6. The standard InChI is InChI=1S/C8H11NO8.4K/c10-5(11)1-3(7(14)15)9-4(8(16)17)2-6(12)13;;;;/h3-4,9H,1-2H2,(H,10,11)(H,12,13)(H,14,15)(H,16,17);;;;. The van der Waals surface area contributed by atoms with Gasteiger partial charge >= 0.3 is 23.9 Å². The van der Waals surface area contributed by atoms with Crippen LogP contribution in [0.15, 0.2) is 0 Å². The molecular weight excluding hydrogens is 394 g/mol. The van der Waals surface area contributed by atoms with Crippen molar-refractivity contribution in [3.63, 3.8) is 0 Å². The molecule has 0 saturated heterocycles. The second-order valence-electron chi connectivity index (χ2n) is 3.14. The first kappa shape index (κ1) is 36.3. The van der Waals surface area contributed by atoms with Gasteiger partial charge in [0.25, 0.3) is 0 Å². The number of carboxylic acid groups (broad SMARTS) is 4. The van der Waals surface area contributed by atoms with Crippen molar-refractivity contribution in [3.8, 4) is 0 Å². The van der Waals surface area contributed by atoms with Gasteiger partial charge in [-0.05, 0) is 0 Å². The molecule has 0 bridgehead atoms. The SMILES string of the molecule is O=C(O)CC(NC(CC(=O)O)C(=O)O)C(=O)O.[K].[K].[K].[K]. The number of aliphatic carboxylic acids is 4. The monoisotopic (exact) mass is 405 g/mol. The maximum atomic E-state index is 10.6. The van der Waals surface area contributed by atoms with Crippen LogP contribution in [0.4, 0.5) is 0 Å². The van der Waals surface area contributed by atoms with Crippen molar-refractivity contribution in [1.82, 2.24) is 5.32 Å². The van der Waals surface area contributed by atoms with Crippen LogP contribution in [-0.4, -0.2) is 262 Å². The van der Waals surface area contributed by atoms with Gasteiger partial charge in [0.15, 0.2) is 0 Å². The molecule has 2 atom stereocenters. The van der Waals surface area contributed by atoms with E-state index < -0.39 is 48.8 Å². The minimum absolute atomic E-state index is 0. The Morgan fingerprint density at radius 1 is 0.667 bits per heavy atom. The molecule has 0 aliphatic heterocycles. The summed E-state index contributed by atoms with van der Waals surface area (Å²) in [5.41, 5.74) is 0. The summed E-state index contributed by atoms with van der Waals surface area (Å²) in [6, 6.07) is -3.32. The molecule has 0 rings (SSSR count). The molecule has 0 aromatic heterocycles. The largest absolute Gasteiger partial charge is 0.481 e. The quantitative estimate of drug-likeness (QED) is 0.263. The molecule has 0 aromatic rings. The molecular formula is C8H11K4NO8. The fourth-order valence-corrected chi connectivity index (χ4v) is 1.03. The molecule has 0 fully saturated rings. The molecule has 0 aliphatic carbocycles. The average Bonchev–Trinajstić information content (AvgIpc) is 2.13. The summed E-state index contributed by atoms with van der Waals surface area (Å²) in [6.07, 6.45) is -1.70. The van der Waals surface area contributed by atoms with Gasteiger partial charge < -0.3 is 20.4 Å². The number of nitrogens with one attached hydrogen (secondary N) is 1. The van der Waals surface area contributed by atoms with Gasteiger partial charge in [0.05, 0.1) is 12.8 Å². The summed E-state index contributed by atoms with van der Waals surface area (Å²) >= 11 is 0. The van der Waals surface area contributed by atoms with Crippen molar-refractivity contribution in [2.24, 2.45) is 0 Å². The number of hydrogen-bond acceptors (Lipinski definition) is 5.